The van der Waals surface area contributed by atoms with Gasteiger partial charge in [-0.2, -0.15) is 0 Å². The summed E-state index contributed by atoms with van der Waals surface area (Å²) in [5.41, 5.74) is 1.12. The van der Waals surface area contributed by atoms with Crippen molar-refractivity contribution in [3.63, 3.8) is 0 Å². The van der Waals surface area contributed by atoms with Crippen molar-refractivity contribution in [3.8, 4) is 5.75 Å². The van der Waals surface area contributed by atoms with Crippen LogP contribution in [0.3, 0.4) is 0 Å². The maximum Gasteiger partial charge on any atom is 0.255 e. The molecule has 0 saturated carbocycles. The summed E-state index contributed by atoms with van der Waals surface area (Å²) in [7, 11) is 0. The Kier molecular flexibility index (Phi) is 3.48. The number of nitrogens with one attached hydrogen (secondary N) is 1. The molecule has 0 heterocycles. The molecule has 0 saturated heterocycles. The van der Waals surface area contributed by atoms with Gasteiger partial charge < -0.3 is 15.5 Å². The topological polar surface area (TPSA) is 69.6 Å². The van der Waals surface area contributed by atoms with Crippen molar-refractivity contribution >= 4 is 5.91 Å². The lowest BCUT2D eigenvalue weighted by Crippen LogP contribution is -2.26. The molecule has 0 atom stereocenters. The van der Waals surface area contributed by atoms with Gasteiger partial charge in [0.15, 0.2) is 0 Å². The van der Waals surface area contributed by atoms with Crippen LogP contribution in [0.2, 0.25) is 0 Å². The van der Waals surface area contributed by atoms with Crippen LogP contribution in [-0.2, 0) is 0 Å². The molecular weight excluding hydrogens is 182 g/mol. The Balaban J connectivity index is 2.80. The van der Waals surface area contributed by atoms with Gasteiger partial charge in [-0.15, -0.1) is 0 Å². The number of aromatic hydroxyl groups is 1. The van der Waals surface area contributed by atoms with E-state index in [4.69, 9.17) is 5.11 Å². The first-order chi connectivity index (χ1) is 6.65. The molecule has 14 heavy (non-hydrogen) atoms. The Bertz CT molecular complexity index is 336. The van der Waals surface area contributed by atoms with E-state index in [1.807, 2.05) is 6.92 Å². The maximum absolute atomic E-state index is 11.4. The quantitative estimate of drug-likeness (QED) is 0.654. The van der Waals surface area contributed by atoms with E-state index >= 15 is 0 Å². The third kappa shape index (κ3) is 2.47. The van der Waals surface area contributed by atoms with Crippen molar-refractivity contribution in [3.05, 3.63) is 29.3 Å². The molecule has 1 aromatic carbocycles. The summed E-state index contributed by atoms with van der Waals surface area (Å²) in [6.07, 6.45) is 0. The predicted molar refractivity (Wildman–Crippen MR) is 52.3 cm³/mol. The average Bonchev–Trinajstić information content (AvgIpc) is 2.14. The molecule has 0 aliphatic carbocycles. The summed E-state index contributed by atoms with van der Waals surface area (Å²) in [4.78, 5) is 11.4. The standard InChI is InChI=1S/C10H13NO3/c1-7-2-3-8(9(13)6-7)10(14)11-4-5-12/h2-3,6,12-13H,4-5H2,1H3,(H,11,14). The number of benzene rings is 1. The van der Waals surface area contributed by atoms with Gasteiger partial charge in [-0.3, -0.25) is 4.79 Å². The number of hydrogen-bond donors (Lipinski definition) is 3. The lowest BCUT2D eigenvalue weighted by molar-refractivity contribution is 0.0942. The van der Waals surface area contributed by atoms with E-state index in [0.717, 1.165) is 5.56 Å². The van der Waals surface area contributed by atoms with Gasteiger partial charge in [0.1, 0.15) is 5.75 Å². The zero-order valence-corrected chi connectivity index (χ0v) is 7.95. The van der Waals surface area contributed by atoms with Crippen molar-refractivity contribution in [1.82, 2.24) is 5.32 Å². The van der Waals surface area contributed by atoms with Crippen molar-refractivity contribution in [2.45, 2.75) is 6.92 Å². The lowest BCUT2D eigenvalue weighted by Gasteiger charge is -2.05. The Hall–Kier alpha value is -1.55. The van der Waals surface area contributed by atoms with E-state index in [-0.39, 0.29) is 30.4 Å². The summed E-state index contributed by atoms with van der Waals surface area (Å²) in [6, 6.07) is 4.82. The third-order valence-electron chi connectivity index (χ3n) is 1.80. The number of aliphatic hydroxyl groups excluding tert-OH is 1. The summed E-state index contributed by atoms with van der Waals surface area (Å²) in [5.74, 6) is -0.419. The normalized spacial score (nSPS) is 9.86. The number of carbonyl (C=O) groups is 1. The van der Waals surface area contributed by atoms with Crippen LogP contribution in [0.4, 0.5) is 0 Å². The molecule has 1 amide bonds. The zero-order valence-electron chi connectivity index (χ0n) is 7.95. The van der Waals surface area contributed by atoms with Gasteiger partial charge in [-0.05, 0) is 24.6 Å². The molecule has 4 heteroatoms. The minimum Gasteiger partial charge on any atom is -0.507 e. The summed E-state index contributed by atoms with van der Waals surface area (Å²) >= 11 is 0. The van der Waals surface area contributed by atoms with Crippen molar-refractivity contribution in [2.75, 3.05) is 13.2 Å². The molecule has 0 aliphatic heterocycles. The van der Waals surface area contributed by atoms with Gasteiger partial charge in [-0.25, -0.2) is 0 Å². The second kappa shape index (κ2) is 4.62. The first-order valence-electron chi connectivity index (χ1n) is 4.34. The number of rotatable bonds is 3. The van der Waals surface area contributed by atoms with Gasteiger partial charge in [0, 0.05) is 6.54 Å². The largest absolute Gasteiger partial charge is 0.507 e. The van der Waals surface area contributed by atoms with E-state index in [1.54, 1.807) is 12.1 Å². The molecule has 0 radical (unpaired) electrons. The number of phenolic OH excluding ortho intramolecular Hbond substituents is 1. The Morgan fingerprint density at radius 1 is 1.50 bits per heavy atom. The van der Waals surface area contributed by atoms with Crippen LogP contribution in [0, 0.1) is 6.92 Å². The minimum absolute atomic E-state index is 0.0413. The Morgan fingerprint density at radius 2 is 2.21 bits per heavy atom. The predicted octanol–water partition coefficient (Wildman–Crippen LogP) is 0.423. The molecule has 1 aromatic rings. The van der Waals surface area contributed by atoms with Gasteiger partial charge in [-0.1, -0.05) is 6.07 Å². The van der Waals surface area contributed by atoms with Crippen molar-refractivity contribution in [1.29, 1.82) is 0 Å². The van der Waals surface area contributed by atoms with Crippen LogP contribution in [0.15, 0.2) is 18.2 Å². The second-order valence-corrected chi connectivity index (χ2v) is 3.00. The number of phenols is 1. The minimum atomic E-state index is -0.378. The van der Waals surface area contributed by atoms with E-state index in [9.17, 15) is 9.90 Å². The molecule has 4 nitrogen and oxygen atoms in total. The van der Waals surface area contributed by atoms with Crippen molar-refractivity contribution in [2.24, 2.45) is 0 Å². The van der Waals surface area contributed by atoms with Crippen LogP contribution in [0.25, 0.3) is 0 Å². The molecule has 3 N–H and O–H groups in total. The van der Waals surface area contributed by atoms with E-state index < -0.39 is 0 Å². The maximum atomic E-state index is 11.4. The number of carbonyl (C=O) groups excluding carboxylic acids is 1. The van der Waals surface area contributed by atoms with Gasteiger partial charge in [0.2, 0.25) is 0 Å². The number of aliphatic hydroxyl groups is 1. The molecule has 0 fully saturated rings. The molecule has 0 unspecified atom stereocenters. The Labute approximate surface area is 82.2 Å². The van der Waals surface area contributed by atoms with E-state index in [2.05, 4.69) is 5.32 Å². The highest BCUT2D eigenvalue weighted by molar-refractivity contribution is 5.96. The first kappa shape index (κ1) is 10.5. The molecule has 0 spiro atoms. The smallest absolute Gasteiger partial charge is 0.255 e. The highest BCUT2D eigenvalue weighted by Crippen LogP contribution is 2.17. The molecule has 0 aliphatic rings. The van der Waals surface area contributed by atoms with Crippen LogP contribution in [0.1, 0.15) is 15.9 Å². The average molecular weight is 195 g/mol. The number of hydrogen-bond acceptors (Lipinski definition) is 3. The van der Waals surface area contributed by atoms with Crippen LogP contribution < -0.4 is 5.32 Å². The molecule has 0 bridgehead atoms. The fraction of sp³-hybridized carbons (Fsp3) is 0.300. The summed E-state index contributed by atoms with van der Waals surface area (Å²) in [5, 5.41) is 20.4. The van der Waals surface area contributed by atoms with Gasteiger partial charge in [0.25, 0.3) is 5.91 Å². The number of amides is 1. The SMILES string of the molecule is Cc1ccc(C(=O)NCCO)c(O)c1. The van der Waals surface area contributed by atoms with Gasteiger partial charge in [0.05, 0.1) is 12.2 Å². The fourth-order valence-corrected chi connectivity index (χ4v) is 1.10. The molecule has 76 valence electrons. The van der Waals surface area contributed by atoms with Crippen molar-refractivity contribution < 1.29 is 15.0 Å². The van der Waals surface area contributed by atoms with E-state index in [0.29, 0.717) is 0 Å². The first-order valence-corrected chi connectivity index (χ1v) is 4.34. The second-order valence-electron chi connectivity index (χ2n) is 3.00. The highest BCUT2D eigenvalue weighted by atomic mass is 16.3. The molecule has 0 aromatic heterocycles. The van der Waals surface area contributed by atoms with Crippen LogP contribution >= 0.6 is 0 Å². The zero-order chi connectivity index (χ0) is 10.6. The Morgan fingerprint density at radius 3 is 2.79 bits per heavy atom. The van der Waals surface area contributed by atoms with Crippen LogP contribution in [0.5, 0.6) is 5.75 Å². The summed E-state index contributed by atoms with van der Waals surface area (Å²) < 4.78 is 0. The molecule has 1 rings (SSSR count). The lowest BCUT2D eigenvalue weighted by atomic mass is 10.1. The van der Waals surface area contributed by atoms with Crippen LogP contribution in [-0.4, -0.2) is 29.3 Å². The monoisotopic (exact) mass is 195 g/mol. The third-order valence-corrected chi connectivity index (χ3v) is 1.80. The number of aryl methyl sites for hydroxylation is 1. The highest BCUT2D eigenvalue weighted by Gasteiger charge is 2.09. The molecular formula is C10H13NO3. The van der Waals surface area contributed by atoms with Gasteiger partial charge >= 0.3 is 0 Å². The fourth-order valence-electron chi connectivity index (χ4n) is 1.10. The van der Waals surface area contributed by atoms with E-state index in [1.165, 1.54) is 6.07 Å². The summed E-state index contributed by atoms with van der Waals surface area (Å²) in [6.45, 7) is 1.90.